The van der Waals surface area contributed by atoms with E-state index in [4.69, 9.17) is 14.6 Å². The molecule has 0 bridgehead atoms. The number of alkyl halides is 5. The Balaban J connectivity index is 1.44. The Hall–Kier alpha value is -3.62. The summed E-state index contributed by atoms with van der Waals surface area (Å²) in [5.41, 5.74) is 1.28. The number of ether oxygens (including phenoxy) is 2. The standard InChI is InChI=1S/C27H21F5O4/c28-26(29,27(30,31)32)22-7-2-1-4-20(22)18-5-3-6-21-19(18)10-11-23(21)36-16-8-9-17-15(12-25(33)34)14-35-24(17)13-16/h1-9,13,15,23H,10-12,14H2,(H,33,34)/t15-,23-/m1/s1. The minimum absolute atomic E-state index is 0.0408. The van der Waals surface area contributed by atoms with Gasteiger partial charge in [0.05, 0.1) is 13.0 Å². The highest BCUT2D eigenvalue weighted by atomic mass is 19.4. The fraction of sp³-hybridized carbons (Fsp3) is 0.296. The highest BCUT2D eigenvalue weighted by molar-refractivity contribution is 5.74. The van der Waals surface area contributed by atoms with Crippen molar-refractivity contribution in [2.45, 2.75) is 43.4 Å². The zero-order chi connectivity index (χ0) is 25.7. The van der Waals surface area contributed by atoms with Crippen molar-refractivity contribution in [3.05, 3.63) is 82.9 Å². The van der Waals surface area contributed by atoms with E-state index in [-0.39, 0.29) is 24.5 Å². The third-order valence-electron chi connectivity index (χ3n) is 6.69. The number of halogens is 5. The van der Waals surface area contributed by atoms with Crippen LogP contribution in [0, 0.1) is 0 Å². The SMILES string of the molecule is O=C(O)C[C@@H]1COc2cc(O[C@@H]3CCc4c(-c5ccccc5C(F)(F)C(F)(F)F)cccc43)ccc21. The molecule has 0 unspecified atom stereocenters. The molecule has 3 aromatic rings. The average molecular weight is 504 g/mol. The minimum Gasteiger partial charge on any atom is -0.492 e. The maximum absolute atomic E-state index is 14.3. The first-order chi connectivity index (χ1) is 17.1. The van der Waals surface area contributed by atoms with Gasteiger partial charge in [0.15, 0.2) is 0 Å². The van der Waals surface area contributed by atoms with Gasteiger partial charge in [-0.25, -0.2) is 0 Å². The van der Waals surface area contributed by atoms with Crippen LogP contribution in [0.3, 0.4) is 0 Å². The molecule has 0 aromatic heterocycles. The molecular formula is C27H21F5O4. The number of hydrogen-bond acceptors (Lipinski definition) is 3. The van der Waals surface area contributed by atoms with Gasteiger partial charge < -0.3 is 14.6 Å². The topological polar surface area (TPSA) is 55.8 Å². The highest BCUT2D eigenvalue weighted by Crippen LogP contribution is 2.49. The Morgan fingerprint density at radius 3 is 2.47 bits per heavy atom. The lowest BCUT2D eigenvalue weighted by Gasteiger charge is -2.23. The van der Waals surface area contributed by atoms with Crippen molar-refractivity contribution < 1.29 is 41.3 Å². The summed E-state index contributed by atoms with van der Waals surface area (Å²) >= 11 is 0. The van der Waals surface area contributed by atoms with Crippen molar-refractivity contribution in [2.24, 2.45) is 0 Å². The molecule has 1 N–H and O–H groups in total. The van der Waals surface area contributed by atoms with Crippen molar-refractivity contribution >= 4 is 5.97 Å². The van der Waals surface area contributed by atoms with Crippen LogP contribution in [0.4, 0.5) is 22.0 Å². The Kier molecular flexibility index (Phi) is 5.89. The smallest absolute Gasteiger partial charge is 0.458 e. The number of benzene rings is 3. The van der Waals surface area contributed by atoms with Crippen LogP contribution < -0.4 is 9.47 Å². The summed E-state index contributed by atoms with van der Waals surface area (Å²) in [6.07, 6.45) is -5.22. The normalized spacial score (nSPS) is 18.9. The van der Waals surface area contributed by atoms with E-state index in [1.165, 1.54) is 18.2 Å². The lowest BCUT2D eigenvalue weighted by molar-refractivity contribution is -0.289. The number of aliphatic carboxylic acids is 1. The van der Waals surface area contributed by atoms with E-state index in [1.807, 2.05) is 0 Å². The lowest BCUT2D eigenvalue weighted by atomic mass is 9.90. The van der Waals surface area contributed by atoms with E-state index in [0.717, 1.165) is 17.2 Å². The van der Waals surface area contributed by atoms with E-state index in [2.05, 4.69) is 0 Å². The van der Waals surface area contributed by atoms with Gasteiger partial charge in [-0.2, -0.15) is 22.0 Å². The van der Waals surface area contributed by atoms with E-state index in [9.17, 15) is 26.7 Å². The van der Waals surface area contributed by atoms with Gasteiger partial charge in [0.2, 0.25) is 0 Å². The number of carboxylic acid groups (broad SMARTS) is 1. The molecule has 5 rings (SSSR count). The molecule has 3 aromatic carbocycles. The summed E-state index contributed by atoms with van der Waals surface area (Å²) in [6, 6.07) is 14.9. The summed E-state index contributed by atoms with van der Waals surface area (Å²) < 4.78 is 80.0. The van der Waals surface area contributed by atoms with Crippen LogP contribution in [0.15, 0.2) is 60.7 Å². The molecule has 188 valence electrons. The van der Waals surface area contributed by atoms with Crippen LogP contribution in [0.2, 0.25) is 0 Å². The zero-order valence-corrected chi connectivity index (χ0v) is 18.8. The fourth-order valence-electron chi connectivity index (χ4n) is 5.01. The van der Waals surface area contributed by atoms with Gasteiger partial charge in [-0.05, 0) is 41.2 Å². The van der Waals surface area contributed by atoms with E-state index >= 15 is 0 Å². The van der Waals surface area contributed by atoms with Gasteiger partial charge in [0.25, 0.3) is 0 Å². The first-order valence-electron chi connectivity index (χ1n) is 11.4. The van der Waals surface area contributed by atoms with Gasteiger partial charge >= 0.3 is 18.1 Å². The number of fused-ring (bicyclic) bond motifs is 2. The first-order valence-corrected chi connectivity index (χ1v) is 11.4. The fourth-order valence-corrected chi connectivity index (χ4v) is 5.01. The Bertz CT molecular complexity index is 1320. The lowest BCUT2D eigenvalue weighted by Crippen LogP contribution is -2.34. The predicted octanol–water partition coefficient (Wildman–Crippen LogP) is 7.02. The van der Waals surface area contributed by atoms with Crippen LogP contribution >= 0.6 is 0 Å². The van der Waals surface area contributed by atoms with Gasteiger partial charge in [-0.15, -0.1) is 0 Å². The molecule has 0 saturated carbocycles. The summed E-state index contributed by atoms with van der Waals surface area (Å²) in [5.74, 6) is -5.10. The molecule has 1 aliphatic carbocycles. The quantitative estimate of drug-likeness (QED) is 0.367. The molecular weight excluding hydrogens is 483 g/mol. The molecule has 9 heteroatoms. The monoisotopic (exact) mass is 504 g/mol. The average Bonchev–Trinajstić information content (AvgIpc) is 3.42. The van der Waals surface area contributed by atoms with Crippen LogP contribution in [-0.2, 0) is 17.1 Å². The van der Waals surface area contributed by atoms with Gasteiger partial charge in [0.1, 0.15) is 17.6 Å². The van der Waals surface area contributed by atoms with Crippen LogP contribution in [0.25, 0.3) is 11.1 Å². The predicted molar refractivity (Wildman–Crippen MR) is 120 cm³/mol. The van der Waals surface area contributed by atoms with E-state index < -0.39 is 29.7 Å². The maximum atomic E-state index is 14.3. The third kappa shape index (κ3) is 4.16. The second kappa shape index (κ2) is 8.80. The number of hydrogen-bond donors (Lipinski definition) is 1. The Labute approximate surface area is 203 Å². The Morgan fingerprint density at radius 1 is 0.972 bits per heavy atom. The van der Waals surface area contributed by atoms with Crippen molar-refractivity contribution in [2.75, 3.05) is 6.61 Å². The minimum atomic E-state index is -5.72. The molecule has 36 heavy (non-hydrogen) atoms. The number of carbonyl (C=O) groups is 1. The highest BCUT2D eigenvalue weighted by Gasteiger charge is 2.59. The Morgan fingerprint density at radius 2 is 1.72 bits per heavy atom. The largest absolute Gasteiger partial charge is 0.492 e. The zero-order valence-electron chi connectivity index (χ0n) is 18.8. The van der Waals surface area contributed by atoms with Crippen molar-refractivity contribution in [3.63, 3.8) is 0 Å². The molecule has 2 atom stereocenters. The molecule has 1 aliphatic heterocycles. The molecule has 0 spiro atoms. The van der Waals surface area contributed by atoms with Crippen LogP contribution in [-0.4, -0.2) is 23.9 Å². The third-order valence-corrected chi connectivity index (χ3v) is 6.69. The second-order valence-electron chi connectivity index (χ2n) is 8.94. The molecule has 0 fully saturated rings. The van der Waals surface area contributed by atoms with Crippen molar-refractivity contribution in [1.82, 2.24) is 0 Å². The summed E-state index contributed by atoms with van der Waals surface area (Å²) in [5, 5.41) is 9.07. The summed E-state index contributed by atoms with van der Waals surface area (Å²) in [7, 11) is 0. The van der Waals surface area contributed by atoms with Crippen LogP contribution in [0.5, 0.6) is 11.5 Å². The number of carboxylic acids is 1. The molecule has 1 heterocycles. The molecule has 0 amide bonds. The van der Waals surface area contributed by atoms with Crippen molar-refractivity contribution in [3.8, 4) is 22.6 Å². The second-order valence-corrected chi connectivity index (χ2v) is 8.94. The number of rotatable bonds is 6. The van der Waals surface area contributed by atoms with Gasteiger partial charge in [0, 0.05) is 23.1 Å². The van der Waals surface area contributed by atoms with Gasteiger partial charge in [-0.1, -0.05) is 48.5 Å². The van der Waals surface area contributed by atoms with Gasteiger partial charge in [-0.3, -0.25) is 4.79 Å². The van der Waals surface area contributed by atoms with Crippen LogP contribution in [0.1, 0.15) is 47.1 Å². The summed E-state index contributed by atoms with van der Waals surface area (Å²) in [6.45, 7) is 0.267. The molecule has 0 saturated heterocycles. The molecule has 2 aliphatic rings. The molecule has 0 radical (unpaired) electrons. The van der Waals surface area contributed by atoms with E-state index in [1.54, 1.807) is 36.4 Å². The van der Waals surface area contributed by atoms with E-state index in [0.29, 0.717) is 35.5 Å². The van der Waals surface area contributed by atoms with Crippen molar-refractivity contribution in [1.29, 1.82) is 0 Å². The summed E-state index contributed by atoms with van der Waals surface area (Å²) in [4.78, 5) is 11.1. The molecule has 4 nitrogen and oxygen atoms in total. The first kappa shape index (κ1) is 24.1. The maximum Gasteiger partial charge on any atom is 0.458 e.